The van der Waals surface area contributed by atoms with E-state index in [1.54, 1.807) is 11.3 Å². The van der Waals surface area contributed by atoms with Crippen molar-refractivity contribution in [3.05, 3.63) is 44.7 Å². The van der Waals surface area contributed by atoms with Crippen molar-refractivity contribution in [3.63, 3.8) is 0 Å². The van der Waals surface area contributed by atoms with Gasteiger partial charge < -0.3 is 10.6 Å². The first-order valence-corrected chi connectivity index (χ1v) is 7.88. The van der Waals surface area contributed by atoms with E-state index in [-0.39, 0.29) is 0 Å². The number of nitrogens with zero attached hydrogens (tertiary/aromatic N) is 1. The molecule has 0 amide bonds. The third kappa shape index (κ3) is 4.89. The van der Waals surface area contributed by atoms with E-state index in [9.17, 15) is 0 Å². The van der Waals surface area contributed by atoms with Crippen LogP contribution in [-0.4, -0.2) is 16.6 Å². The van der Waals surface area contributed by atoms with Gasteiger partial charge in [-0.25, -0.2) is 4.98 Å². The second kappa shape index (κ2) is 6.98. The first-order valence-electron chi connectivity index (χ1n) is 5.86. The highest BCUT2D eigenvalue weighted by Gasteiger charge is 2.00. The predicted octanol–water partition coefficient (Wildman–Crippen LogP) is 3.74. The van der Waals surface area contributed by atoms with Crippen LogP contribution in [0.15, 0.2) is 34.1 Å². The van der Waals surface area contributed by atoms with E-state index >= 15 is 0 Å². The van der Waals surface area contributed by atoms with E-state index in [4.69, 9.17) is 12.2 Å². The van der Waals surface area contributed by atoms with Gasteiger partial charge >= 0.3 is 0 Å². The lowest BCUT2D eigenvalue weighted by molar-refractivity contribution is 0.884. The topological polar surface area (TPSA) is 37.0 Å². The number of halogens is 1. The molecule has 0 fully saturated rings. The number of pyridine rings is 1. The lowest BCUT2D eigenvalue weighted by atomic mass is 10.3. The number of nitrogens with one attached hydrogen (secondary N) is 2. The molecule has 0 saturated carbocycles. The summed E-state index contributed by atoms with van der Waals surface area (Å²) in [4.78, 5) is 5.67. The molecule has 0 radical (unpaired) electrons. The molecule has 0 aliphatic heterocycles. The Balaban J connectivity index is 1.76. The summed E-state index contributed by atoms with van der Waals surface area (Å²) in [6.45, 7) is 2.76. The lowest BCUT2D eigenvalue weighted by Crippen LogP contribution is -2.30. The quantitative estimate of drug-likeness (QED) is 0.819. The molecular formula is C13H14BrN3S2. The Hall–Kier alpha value is -0.980. The molecule has 2 aromatic heterocycles. The molecule has 0 aliphatic carbocycles. The lowest BCUT2D eigenvalue weighted by Gasteiger charge is -2.09. The fourth-order valence-electron chi connectivity index (χ4n) is 1.56. The minimum absolute atomic E-state index is 0.605. The Labute approximate surface area is 130 Å². The molecule has 19 heavy (non-hydrogen) atoms. The van der Waals surface area contributed by atoms with Crippen molar-refractivity contribution in [2.75, 3.05) is 11.9 Å². The SMILES string of the molecule is Cc1cccc(NC(=S)NCCc2ccc(Br)s2)n1. The number of thiophene rings is 1. The Morgan fingerprint density at radius 1 is 1.37 bits per heavy atom. The average Bonchev–Trinajstić information content (AvgIpc) is 2.75. The van der Waals surface area contributed by atoms with E-state index < -0.39 is 0 Å². The number of hydrogen-bond acceptors (Lipinski definition) is 3. The van der Waals surface area contributed by atoms with Gasteiger partial charge in [0.2, 0.25) is 0 Å². The highest BCUT2D eigenvalue weighted by atomic mass is 79.9. The van der Waals surface area contributed by atoms with Crippen LogP contribution in [-0.2, 0) is 6.42 Å². The van der Waals surface area contributed by atoms with Crippen molar-refractivity contribution in [2.45, 2.75) is 13.3 Å². The Bertz CT molecular complexity index is 569. The zero-order valence-electron chi connectivity index (χ0n) is 10.4. The Kier molecular flexibility index (Phi) is 5.30. The molecule has 2 rings (SSSR count). The summed E-state index contributed by atoms with van der Waals surface area (Å²) < 4.78 is 1.16. The van der Waals surface area contributed by atoms with E-state index in [0.717, 1.165) is 28.3 Å². The minimum Gasteiger partial charge on any atom is -0.362 e. The van der Waals surface area contributed by atoms with Crippen LogP contribution in [0.5, 0.6) is 0 Å². The first kappa shape index (κ1) is 14.4. The third-order valence-electron chi connectivity index (χ3n) is 2.42. The number of aromatic nitrogens is 1. The molecule has 0 unspecified atom stereocenters. The molecular weight excluding hydrogens is 342 g/mol. The molecule has 3 nitrogen and oxygen atoms in total. The summed E-state index contributed by atoms with van der Waals surface area (Å²) in [6.07, 6.45) is 0.958. The minimum atomic E-state index is 0.605. The summed E-state index contributed by atoms with van der Waals surface area (Å²) in [7, 11) is 0. The van der Waals surface area contributed by atoms with Crippen LogP contribution in [0.1, 0.15) is 10.6 Å². The third-order valence-corrected chi connectivity index (χ3v) is 4.35. The molecule has 2 aromatic rings. The molecule has 100 valence electrons. The van der Waals surface area contributed by atoms with E-state index in [0.29, 0.717) is 5.11 Å². The number of thiocarbonyl (C=S) groups is 1. The highest BCUT2D eigenvalue weighted by molar-refractivity contribution is 9.11. The largest absolute Gasteiger partial charge is 0.362 e. The maximum atomic E-state index is 5.23. The van der Waals surface area contributed by atoms with Gasteiger partial charge in [-0.05, 0) is 65.8 Å². The molecule has 6 heteroatoms. The fraction of sp³-hybridized carbons (Fsp3) is 0.231. The van der Waals surface area contributed by atoms with E-state index in [1.807, 2.05) is 25.1 Å². The van der Waals surface area contributed by atoms with Gasteiger partial charge in [0.15, 0.2) is 5.11 Å². The van der Waals surface area contributed by atoms with Crippen molar-refractivity contribution in [3.8, 4) is 0 Å². The molecule has 0 aliphatic rings. The number of hydrogen-bond donors (Lipinski definition) is 2. The molecule has 0 bridgehead atoms. The van der Waals surface area contributed by atoms with E-state index in [1.165, 1.54) is 4.88 Å². The number of rotatable bonds is 4. The Morgan fingerprint density at radius 3 is 2.89 bits per heavy atom. The van der Waals surface area contributed by atoms with Crippen LogP contribution in [0.3, 0.4) is 0 Å². The fourth-order valence-corrected chi connectivity index (χ4v) is 3.25. The Morgan fingerprint density at radius 2 is 2.21 bits per heavy atom. The second-order valence-corrected chi connectivity index (χ2v) is 6.96. The van der Waals surface area contributed by atoms with Gasteiger partial charge in [-0.1, -0.05) is 6.07 Å². The normalized spacial score (nSPS) is 10.2. The van der Waals surface area contributed by atoms with E-state index in [2.05, 4.69) is 43.7 Å². The van der Waals surface area contributed by atoms with Crippen LogP contribution in [0, 0.1) is 6.92 Å². The predicted molar refractivity (Wildman–Crippen MR) is 88.9 cm³/mol. The van der Waals surface area contributed by atoms with Crippen LogP contribution in [0.25, 0.3) is 0 Å². The smallest absolute Gasteiger partial charge is 0.171 e. The van der Waals surface area contributed by atoms with Crippen LogP contribution >= 0.6 is 39.5 Å². The van der Waals surface area contributed by atoms with Crippen molar-refractivity contribution in [2.24, 2.45) is 0 Å². The zero-order chi connectivity index (χ0) is 13.7. The van der Waals surface area contributed by atoms with Crippen molar-refractivity contribution >= 4 is 50.4 Å². The van der Waals surface area contributed by atoms with Gasteiger partial charge in [0.1, 0.15) is 5.82 Å². The molecule has 0 spiro atoms. The van der Waals surface area contributed by atoms with Gasteiger partial charge in [0, 0.05) is 17.1 Å². The molecule has 0 aromatic carbocycles. The first-order chi connectivity index (χ1) is 9.13. The molecule has 2 N–H and O–H groups in total. The van der Waals surface area contributed by atoms with Gasteiger partial charge in [-0.3, -0.25) is 0 Å². The zero-order valence-corrected chi connectivity index (χ0v) is 13.7. The van der Waals surface area contributed by atoms with Crippen LogP contribution in [0.2, 0.25) is 0 Å². The van der Waals surface area contributed by atoms with Crippen molar-refractivity contribution in [1.29, 1.82) is 0 Å². The summed E-state index contributed by atoms with van der Waals surface area (Å²) >= 11 is 10.4. The van der Waals surface area contributed by atoms with Crippen molar-refractivity contribution in [1.82, 2.24) is 10.3 Å². The van der Waals surface area contributed by atoms with Gasteiger partial charge in [-0.15, -0.1) is 11.3 Å². The highest BCUT2D eigenvalue weighted by Crippen LogP contribution is 2.22. The molecule has 0 atom stereocenters. The van der Waals surface area contributed by atoms with Gasteiger partial charge in [-0.2, -0.15) is 0 Å². The maximum Gasteiger partial charge on any atom is 0.171 e. The van der Waals surface area contributed by atoms with Crippen LogP contribution < -0.4 is 10.6 Å². The average molecular weight is 356 g/mol. The van der Waals surface area contributed by atoms with Crippen LogP contribution in [0.4, 0.5) is 5.82 Å². The number of aryl methyl sites for hydroxylation is 1. The van der Waals surface area contributed by atoms with Crippen molar-refractivity contribution < 1.29 is 0 Å². The molecule has 2 heterocycles. The summed E-state index contributed by atoms with van der Waals surface area (Å²) in [5, 5.41) is 6.86. The van der Waals surface area contributed by atoms with Gasteiger partial charge in [0.25, 0.3) is 0 Å². The second-order valence-electron chi connectivity index (χ2n) is 4.00. The molecule has 0 saturated heterocycles. The summed E-state index contributed by atoms with van der Waals surface area (Å²) in [6, 6.07) is 9.99. The summed E-state index contributed by atoms with van der Waals surface area (Å²) in [5.41, 5.74) is 0.969. The van der Waals surface area contributed by atoms with Gasteiger partial charge in [0.05, 0.1) is 3.79 Å². The summed E-state index contributed by atoms with van der Waals surface area (Å²) in [5.74, 6) is 0.774. The maximum absolute atomic E-state index is 5.23. The standard InChI is InChI=1S/C13H14BrN3S2/c1-9-3-2-4-12(16-9)17-13(18)15-8-7-10-5-6-11(14)19-10/h2-6H,7-8H2,1H3,(H2,15,16,17,18). The monoisotopic (exact) mass is 355 g/mol. The number of anilines is 1.